The van der Waals surface area contributed by atoms with Gasteiger partial charge in [-0.1, -0.05) is 60.7 Å². The van der Waals surface area contributed by atoms with Gasteiger partial charge >= 0.3 is 5.97 Å². The number of carboxylic acid groups (broad SMARTS) is 1. The molecule has 0 unspecified atom stereocenters. The van der Waals surface area contributed by atoms with Crippen LogP contribution in [0.5, 0.6) is 0 Å². The van der Waals surface area contributed by atoms with Crippen LogP contribution in [0.1, 0.15) is 35.7 Å². The van der Waals surface area contributed by atoms with Gasteiger partial charge in [-0.15, -0.1) is 0 Å². The van der Waals surface area contributed by atoms with E-state index in [1.807, 2.05) is 86.6 Å². The van der Waals surface area contributed by atoms with Gasteiger partial charge in [0.2, 0.25) is 11.9 Å². The first-order valence-electron chi connectivity index (χ1n) is 11.9. The van der Waals surface area contributed by atoms with Crippen molar-refractivity contribution >= 4 is 5.97 Å². The van der Waals surface area contributed by atoms with E-state index in [9.17, 15) is 18.7 Å². The molecule has 0 bridgehead atoms. The number of aromatic carboxylic acids is 1. The van der Waals surface area contributed by atoms with Crippen molar-refractivity contribution in [3.8, 4) is 33.5 Å². The number of halogens is 2. The lowest BCUT2D eigenvalue weighted by atomic mass is 9.82. The Bertz CT molecular complexity index is 1640. The van der Waals surface area contributed by atoms with Crippen LogP contribution >= 0.6 is 0 Å². The molecule has 0 aliphatic rings. The first-order chi connectivity index (χ1) is 18.2. The minimum Gasteiger partial charge on any atom is -0.477 e. The van der Waals surface area contributed by atoms with Gasteiger partial charge in [0.25, 0.3) is 0 Å². The van der Waals surface area contributed by atoms with E-state index in [0.29, 0.717) is 17.0 Å². The molecule has 0 saturated carbocycles. The average Bonchev–Trinajstić information content (AvgIpc) is 2.93. The van der Waals surface area contributed by atoms with E-state index in [2.05, 4.69) is 9.97 Å². The number of aromatic nitrogens is 3. The van der Waals surface area contributed by atoms with E-state index < -0.39 is 23.3 Å². The zero-order valence-electron chi connectivity index (χ0n) is 20.7. The van der Waals surface area contributed by atoms with Crippen molar-refractivity contribution in [2.75, 3.05) is 0 Å². The third-order valence-corrected chi connectivity index (χ3v) is 6.46. The number of pyridine rings is 3. The second-order valence-electron chi connectivity index (χ2n) is 9.39. The van der Waals surface area contributed by atoms with Crippen LogP contribution in [0, 0.1) is 11.9 Å². The number of nitrogens with zero attached hydrogens (tertiary/aromatic N) is 3. The van der Waals surface area contributed by atoms with Crippen molar-refractivity contribution in [1.29, 1.82) is 0 Å². The van der Waals surface area contributed by atoms with Gasteiger partial charge in [0.1, 0.15) is 5.69 Å². The lowest BCUT2D eigenvalue weighted by Gasteiger charge is -2.26. The summed E-state index contributed by atoms with van der Waals surface area (Å²) in [4.78, 5) is 24.5. The Kier molecular flexibility index (Phi) is 6.51. The van der Waals surface area contributed by atoms with Crippen molar-refractivity contribution in [3.05, 3.63) is 126 Å². The molecule has 2 aromatic carbocycles. The van der Waals surface area contributed by atoms with Crippen LogP contribution in [-0.2, 0) is 5.41 Å². The maximum absolute atomic E-state index is 14.7. The molecule has 0 amide bonds. The van der Waals surface area contributed by atoms with Crippen LogP contribution in [0.4, 0.5) is 8.78 Å². The van der Waals surface area contributed by atoms with Crippen molar-refractivity contribution in [2.45, 2.75) is 19.3 Å². The van der Waals surface area contributed by atoms with Crippen molar-refractivity contribution < 1.29 is 18.7 Å². The van der Waals surface area contributed by atoms with Crippen molar-refractivity contribution in [1.82, 2.24) is 15.0 Å². The Morgan fingerprint density at radius 2 is 1.24 bits per heavy atom. The van der Waals surface area contributed by atoms with Crippen LogP contribution in [0.2, 0.25) is 0 Å². The Morgan fingerprint density at radius 1 is 0.684 bits per heavy atom. The van der Waals surface area contributed by atoms with Crippen molar-refractivity contribution in [2.24, 2.45) is 0 Å². The molecule has 3 heterocycles. The zero-order valence-corrected chi connectivity index (χ0v) is 20.7. The lowest BCUT2D eigenvalue weighted by molar-refractivity contribution is 0.0690. The molecule has 188 valence electrons. The molecule has 5 rings (SSSR count). The molecule has 5 nitrogen and oxygen atoms in total. The van der Waals surface area contributed by atoms with Crippen LogP contribution in [0.15, 0.2) is 97.1 Å². The summed E-state index contributed by atoms with van der Waals surface area (Å²) in [6, 6.07) is 28.3. The fourth-order valence-electron chi connectivity index (χ4n) is 4.28. The summed E-state index contributed by atoms with van der Waals surface area (Å²) in [5.41, 5.74) is 3.55. The predicted molar refractivity (Wildman–Crippen MR) is 142 cm³/mol. The number of hydrogen-bond acceptors (Lipinski definition) is 4. The third-order valence-electron chi connectivity index (χ3n) is 6.46. The Morgan fingerprint density at radius 3 is 1.79 bits per heavy atom. The van der Waals surface area contributed by atoms with E-state index in [1.54, 1.807) is 6.07 Å². The minimum absolute atomic E-state index is 0.0541. The summed E-state index contributed by atoms with van der Waals surface area (Å²) >= 11 is 0. The van der Waals surface area contributed by atoms with E-state index in [4.69, 9.17) is 4.98 Å². The summed E-state index contributed by atoms with van der Waals surface area (Å²) in [7, 11) is 0. The maximum Gasteiger partial charge on any atom is 0.354 e. The Hall–Kier alpha value is -4.78. The topological polar surface area (TPSA) is 76.0 Å². The molecule has 0 aliphatic carbocycles. The summed E-state index contributed by atoms with van der Waals surface area (Å²) < 4.78 is 28.3. The molecule has 0 spiro atoms. The predicted octanol–water partition coefficient (Wildman–Crippen LogP) is 7.17. The molecular formula is C31H23F2N3O2. The highest BCUT2D eigenvalue weighted by molar-refractivity contribution is 5.87. The number of carbonyl (C=O) groups is 1. The second-order valence-corrected chi connectivity index (χ2v) is 9.39. The number of carboxylic acids is 1. The van der Waals surface area contributed by atoms with E-state index in [1.165, 1.54) is 12.1 Å². The van der Waals surface area contributed by atoms with Gasteiger partial charge in [-0.05, 0) is 72.5 Å². The van der Waals surface area contributed by atoms with Gasteiger partial charge in [-0.2, -0.15) is 13.8 Å². The molecule has 0 atom stereocenters. The normalized spacial score (nSPS) is 11.4. The first-order valence-corrected chi connectivity index (χ1v) is 11.9. The maximum atomic E-state index is 14.7. The summed E-state index contributed by atoms with van der Waals surface area (Å²) in [5.74, 6) is -3.04. The molecule has 0 aliphatic heterocycles. The quantitative estimate of drug-likeness (QED) is 0.247. The van der Waals surface area contributed by atoms with Gasteiger partial charge in [0, 0.05) is 5.41 Å². The molecule has 3 aromatic heterocycles. The monoisotopic (exact) mass is 507 g/mol. The van der Waals surface area contributed by atoms with E-state index >= 15 is 0 Å². The summed E-state index contributed by atoms with van der Waals surface area (Å²) in [6.45, 7) is 3.77. The van der Waals surface area contributed by atoms with E-state index in [-0.39, 0.29) is 17.0 Å². The van der Waals surface area contributed by atoms with E-state index in [0.717, 1.165) is 22.8 Å². The molecule has 7 heteroatoms. The fourth-order valence-corrected chi connectivity index (χ4v) is 4.28. The van der Waals surface area contributed by atoms with Gasteiger partial charge in [-0.3, -0.25) is 4.98 Å². The van der Waals surface area contributed by atoms with Gasteiger partial charge in [0.05, 0.1) is 22.6 Å². The van der Waals surface area contributed by atoms with Gasteiger partial charge in [-0.25, -0.2) is 9.78 Å². The third kappa shape index (κ3) is 4.91. The molecule has 5 aromatic rings. The highest BCUT2D eigenvalue weighted by Crippen LogP contribution is 2.36. The van der Waals surface area contributed by atoms with Gasteiger partial charge < -0.3 is 5.11 Å². The molecule has 38 heavy (non-hydrogen) atoms. The zero-order chi connectivity index (χ0) is 26.9. The standard InChI is InChI=1S/C31H23F2N3O2/c1-31(2,27-18-22(16-25(35-27)30(37)38)20-11-7-4-8-12-20)26-17-21(19-9-5-3-6-10-19)15-24(34-26)23-13-14-28(32)36-29(23)33/h3-18H,1-2H3,(H,37,38). The number of rotatable bonds is 6. The van der Waals surface area contributed by atoms with Crippen LogP contribution < -0.4 is 0 Å². The average molecular weight is 508 g/mol. The highest BCUT2D eigenvalue weighted by Gasteiger charge is 2.30. The largest absolute Gasteiger partial charge is 0.477 e. The molecular weight excluding hydrogens is 484 g/mol. The second kappa shape index (κ2) is 9.94. The first kappa shape index (κ1) is 24.9. The van der Waals surface area contributed by atoms with Crippen molar-refractivity contribution in [3.63, 3.8) is 0 Å². The van der Waals surface area contributed by atoms with Crippen LogP contribution in [0.25, 0.3) is 33.5 Å². The fraction of sp³-hybridized carbons (Fsp3) is 0.0968. The smallest absolute Gasteiger partial charge is 0.354 e. The SMILES string of the molecule is CC(C)(c1cc(-c2ccccc2)cc(C(=O)O)n1)c1cc(-c2ccccc2)cc(-c2ccc(F)nc2F)n1. The number of hydrogen-bond donors (Lipinski definition) is 1. The molecule has 0 radical (unpaired) electrons. The van der Waals surface area contributed by atoms with Gasteiger partial charge in [0.15, 0.2) is 0 Å². The molecule has 0 saturated heterocycles. The highest BCUT2D eigenvalue weighted by atomic mass is 19.1. The molecule has 0 fully saturated rings. The Labute approximate surface area is 218 Å². The van der Waals surface area contributed by atoms with Crippen LogP contribution in [0.3, 0.4) is 0 Å². The molecule has 1 N–H and O–H groups in total. The van der Waals surface area contributed by atoms with Crippen LogP contribution in [-0.4, -0.2) is 26.0 Å². The summed E-state index contributed by atoms with van der Waals surface area (Å²) in [5, 5.41) is 9.80. The Balaban J connectivity index is 1.72. The number of benzene rings is 2. The minimum atomic E-state index is -1.15. The summed E-state index contributed by atoms with van der Waals surface area (Å²) in [6.07, 6.45) is 0. The lowest BCUT2D eigenvalue weighted by Crippen LogP contribution is -2.24.